The molecule has 1 amide bonds. The summed E-state index contributed by atoms with van der Waals surface area (Å²) in [6.07, 6.45) is 0.466. The standard InChI is InChI=1S/C20H22BrNO4S/c1-2-26-19-8-4-6-16(12-19)20(23)22(18-9-10-27(24,25)14-18)13-15-5-3-7-17(21)11-15/h3-8,11-12,18H,2,9-10,13-14H2,1H3/t18-/m0/s1. The number of hydrogen-bond acceptors (Lipinski definition) is 4. The largest absolute Gasteiger partial charge is 0.494 e. The van der Waals surface area contributed by atoms with E-state index in [2.05, 4.69) is 15.9 Å². The first-order valence-electron chi connectivity index (χ1n) is 8.86. The summed E-state index contributed by atoms with van der Waals surface area (Å²) in [5, 5.41) is 0. The normalized spacial score (nSPS) is 18.2. The van der Waals surface area contributed by atoms with Crippen molar-refractivity contribution in [3.8, 4) is 5.75 Å². The Labute approximate surface area is 168 Å². The van der Waals surface area contributed by atoms with Gasteiger partial charge < -0.3 is 9.64 Å². The van der Waals surface area contributed by atoms with E-state index in [-0.39, 0.29) is 23.5 Å². The number of hydrogen-bond donors (Lipinski definition) is 0. The summed E-state index contributed by atoms with van der Waals surface area (Å²) in [5.74, 6) is 0.583. The number of benzene rings is 2. The maximum absolute atomic E-state index is 13.3. The van der Waals surface area contributed by atoms with Crippen LogP contribution in [0.4, 0.5) is 0 Å². The van der Waals surface area contributed by atoms with Gasteiger partial charge in [-0.05, 0) is 49.2 Å². The molecule has 0 aliphatic carbocycles. The molecule has 3 rings (SSSR count). The van der Waals surface area contributed by atoms with Crippen molar-refractivity contribution in [2.75, 3.05) is 18.1 Å². The first-order valence-corrected chi connectivity index (χ1v) is 11.5. The summed E-state index contributed by atoms with van der Waals surface area (Å²) in [4.78, 5) is 14.9. The number of halogens is 1. The zero-order valence-electron chi connectivity index (χ0n) is 15.1. The van der Waals surface area contributed by atoms with Gasteiger partial charge in [0, 0.05) is 22.6 Å². The molecule has 0 unspecified atom stereocenters. The Morgan fingerprint density at radius 1 is 1.22 bits per heavy atom. The monoisotopic (exact) mass is 451 g/mol. The fourth-order valence-electron chi connectivity index (χ4n) is 3.27. The summed E-state index contributed by atoms with van der Waals surface area (Å²) < 4.78 is 30.4. The van der Waals surface area contributed by atoms with Crippen LogP contribution in [0, 0.1) is 0 Å². The fourth-order valence-corrected chi connectivity index (χ4v) is 5.45. The number of sulfone groups is 1. The predicted octanol–water partition coefficient (Wildman–Crippen LogP) is 3.68. The zero-order chi connectivity index (χ0) is 19.4. The van der Waals surface area contributed by atoms with Gasteiger partial charge in [-0.2, -0.15) is 0 Å². The van der Waals surface area contributed by atoms with Crippen LogP contribution in [0.1, 0.15) is 29.3 Å². The Bertz CT molecular complexity index is 929. The van der Waals surface area contributed by atoms with E-state index in [1.165, 1.54) is 0 Å². The second kappa shape index (κ2) is 8.44. The lowest BCUT2D eigenvalue weighted by Crippen LogP contribution is -2.40. The van der Waals surface area contributed by atoms with Crippen molar-refractivity contribution in [3.05, 3.63) is 64.1 Å². The molecule has 5 nitrogen and oxygen atoms in total. The molecule has 1 atom stereocenters. The minimum Gasteiger partial charge on any atom is -0.494 e. The molecule has 144 valence electrons. The van der Waals surface area contributed by atoms with Gasteiger partial charge >= 0.3 is 0 Å². The Hall–Kier alpha value is -1.86. The Morgan fingerprint density at radius 2 is 2.00 bits per heavy atom. The molecule has 0 aromatic heterocycles. The highest BCUT2D eigenvalue weighted by atomic mass is 79.9. The van der Waals surface area contributed by atoms with E-state index in [4.69, 9.17) is 4.74 Å². The van der Waals surface area contributed by atoms with Crippen molar-refractivity contribution < 1.29 is 17.9 Å². The number of amides is 1. The Balaban J connectivity index is 1.91. The molecule has 0 saturated carbocycles. The molecule has 0 N–H and O–H groups in total. The summed E-state index contributed by atoms with van der Waals surface area (Å²) in [5.41, 5.74) is 1.45. The SMILES string of the molecule is CCOc1cccc(C(=O)N(Cc2cccc(Br)c2)[C@H]2CCS(=O)(=O)C2)c1. The molecular formula is C20H22BrNO4S. The van der Waals surface area contributed by atoms with Crippen LogP contribution < -0.4 is 4.74 Å². The first kappa shape index (κ1) is 19.9. The molecule has 2 aromatic rings. The molecule has 2 aromatic carbocycles. The first-order chi connectivity index (χ1) is 12.9. The molecule has 0 spiro atoms. The smallest absolute Gasteiger partial charge is 0.254 e. The molecule has 1 aliphatic rings. The molecule has 1 saturated heterocycles. The van der Waals surface area contributed by atoms with Crippen molar-refractivity contribution in [3.63, 3.8) is 0 Å². The maximum Gasteiger partial charge on any atom is 0.254 e. The van der Waals surface area contributed by atoms with E-state index in [0.717, 1.165) is 10.0 Å². The molecule has 0 bridgehead atoms. The average Bonchev–Trinajstić information content (AvgIpc) is 2.99. The molecule has 7 heteroatoms. The third-order valence-corrected chi connectivity index (χ3v) is 6.79. The molecule has 1 heterocycles. The lowest BCUT2D eigenvalue weighted by Gasteiger charge is -2.29. The van der Waals surface area contributed by atoms with Gasteiger partial charge in [-0.1, -0.05) is 34.1 Å². The molecule has 0 radical (unpaired) electrons. The van der Waals surface area contributed by atoms with Crippen molar-refractivity contribution in [2.24, 2.45) is 0 Å². The van der Waals surface area contributed by atoms with Gasteiger partial charge in [-0.25, -0.2) is 8.42 Å². The van der Waals surface area contributed by atoms with Crippen LogP contribution >= 0.6 is 15.9 Å². The quantitative estimate of drug-likeness (QED) is 0.671. The van der Waals surface area contributed by atoms with Gasteiger partial charge in [-0.15, -0.1) is 0 Å². The number of nitrogens with zero attached hydrogens (tertiary/aromatic N) is 1. The van der Waals surface area contributed by atoms with E-state index in [0.29, 0.717) is 30.9 Å². The van der Waals surface area contributed by atoms with Gasteiger partial charge in [-0.3, -0.25) is 4.79 Å². The highest BCUT2D eigenvalue weighted by molar-refractivity contribution is 9.10. The summed E-state index contributed by atoms with van der Waals surface area (Å²) in [6.45, 7) is 2.76. The van der Waals surface area contributed by atoms with E-state index in [9.17, 15) is 13.2 Å². The topological polar surface area (TPSA) is 63.7 Å². The van der Waals surface area contributed by atoms with Crippen LogP contribution in [0.5, 0.6) is 5.75 Å². The second-order valence-corrected chi connectivity index (χ2v) is 9.73. The van der Waals surface area contributed by atoms with Crippen molar-refractivity contribution in [1.29, 1.82) is 0 Å². The maximum atomic E-state index is 13.3. The minimum absolute atomic E-state index is 0.0118. The highest BCUT2D eigenvalue weighted by Crippen LogP contribution is 2.24. The third kappa shape index (κ3) is 5.11. The number of ether oxygens (including phenoxy) is 1. The van der Waals surface area contributed by atoms with Crippen LogP contribution in [0.2, 0.25) is 0 Å². The Kier molecular flexibility index (Phi) is 6.22. The summed E-state index contributed by atoms with van der Waals surface area (Å²) >= 11 is 3.45. The fraction of sp³-hybridized carbons (Fsp3) is 0.350. The lowest BCUT2D eigenvalue weighted by atomic mass is 10.1. The number of carbonyl (C=O) groups is 1. The van der Waals surface area contributed by atoms with Crippen LogP contribution in [0.3, 0.4) is 0 Å². The van der Waals surface area contributed by atoms with E-state index in [1.807, 2.05) is 31.2 Å². The van der Waals surface area contributed by atoms with Crippen molar-refractivity contribution in [2.45, 2.75) is 25.9 Å². The molecule has 27 heavy (non-hydrogen) atoms. The highest BCUT2D eigenvalue weighted by Gasteiger charge is 2.35. The van der Waals surface area contributed by atoms with Crippen LogP contribution in [0.25, 0.3) is 0 Å². The lowest BCUT2D eigenvalue weighted by molar-refractivity contribution is 0.0680. The minimum atomic E-state index is -3.10. The van der Waals surface area contributed by atoms with E-state index in [1.54, 1.807) is 29.2 Å². The predicted molar refractivity (Wildman–Crippen MR) is 109 cm³/mol. The van der Waals surface area contributed by atoms with Gasteiger partial charge in [0.1, 0.15) is 5.75 Å². The average molecular weight is 452 g/mol. The summed E-state index contributed by atoms with van der Waals surface area (Å²) in [7, 11) is -3.10. The van der Waals surface area contributed by atoms with Crippen LogP contribution in [-0.2, 0) is 16.4 Å². The molecule has 1 aliphatic heterocycles. The Morgan fingerprint density at radius 3 is 2.67 bits per heavy atom. The van der Waals surface area contributed by atoms with Crippen LogP contribution in [-0.4, -0.2) is 43.4 Å². The second-order valence-electron chi connectivity index (χ2n) is 6.58. The number of carbonyl (C=O) groups excluding carboxylic acids is 1. The third-order valence-electron chi connectivity index (χ3n) is 4.54. The van der Waals surface area contributed by atoms with Gasteiger partial charge in [0.25, 0.3) is 5.91 Å². The van der Waals surface area contributed by atoms with E-state index >= 15 is 0 Å². The van der Waals surface area contributed by atoms with Crippen LogP contribution in [0.15, 0.2) is 53.0 Å². The van der Waals surface area contributed by atoms with Gasteiger partial charge in [0.2, 0.25) is 0 Å². The van der Waals surface area contributed by atoms with Crippen molar-refractivity contribution >= 4 is 31.7 Å². The number of rotatable bonds is 6. The molecular weight excluding hydrogens is 430 g/mol. The molecule has 1 fully saturated rings. The van der Waals surface area contributed by atoms with Gasteiger partial charge in [0.15, 0.2) is 9.84 Å². The van der Waals surface area contributed by atoms with Crippen molar-refractivity contribution in [1.82, 2.24) is 4.90 Å². The van der Waals surface area contributed by atoms with Gasteiger partial charge in [0.05, 0.1) is 18.1 Å². The zero-order valence-corrected chi connectivity index (χ0v) is 17.5. The van der Waals surface area contributed by atoms with E-state index < -0.39 is 9.84 Å². The summed E-state index contributed by atoms with van der Waals surface area (Å²) in [6, 6.07) is 14.4.